The molecular formula is C25H28N4O4. The minimum absolute atomic E-state index is 0.184. The summed E-state index contributed by atoms with van der Waals surface area (Å²) >= 11 is 0. The first-order chi connectivity index (χ1) is 15.9. The van der Waals surface area contributed by atoms with Crippen molar-refractivity contribution >= 4 is 17.6 Å². The minimum Gasteiger partial charge on any atom is -0.497 e. The highest BCUT2D eigenvalue weighted by atomic mass is 16.5. The summed E-state index contributed by atoms with van der Waals surface area (Å²) in [5, 5.41) is 0. The van der Waals surface area contributed by atoms with Crippen LogP contribution in [0.4, 0.5) is 5.69 Å². The Morgan fingerprint density at radius 2 is 1.64 bits per heavy atom. The third-order valence-electron chi connectivity index (χ3n) is 5.92. The summed E-state index contributed by atoms with van der Waals surface area (Å²) in [6.45, 7) is 6.25. The monoisotopic (exact) mass is 448 g/mol. The summed E-state index contributed by atoms with van der Waals surface area (Å²) in [6.07, 6.45) is 0. The SMILES string of the molecule is COc1ccc(N2CCN(C(=O)COC(=O)c3ccc(-c4nc(C)c(C)[nH]4)cc3)CC2)cc1. The number of aromatic amines is 1. The number of benzene rings is 2. The molecule has 8 nitrogen and oxygen atoms in total. The van der Waals surface area contributed by atoms with Crippen LogP contribution in [0.2, 0.25) is 0 Å². The predicted octanol–water partition coefficient (Wildman–Crippen LogP) is 3.21. The fourth-order valence-electron chi connectivity index (χ4n) is 3.76. The Balaban J connectivity index is 1.26. The minimum atomic E-state index is -0.515. The smallest absolute Gasteiger partial charge is 0.338 e. The third kappa shape index (κ3) is 5.16. The van der Waals surface area contributed by atoms with Crippen molar-refractivity contribution in [1.82, 2.24) is 14.9 Å². The molecule has 1 aliphatic rings. The maximum absolute atomic E-state index is 12.5. The topological polar surface area (TPSA) is 87.8 Å². The molecule has 1 N–H and O–H groups in total. The van der Waals surface area contributed by atoms with E-state index in [0.717, 1.165) is 47.3 Å². The lowest BCUT2D eigenvalue weighted by Gasteiger charge is -2.36. The van der Waals surface area contributed by atoms with Gasteiger partial charge in [-0.3, -0.25) is 4.79 Å². The number of amides is 1. The maximum Gasteiger partial charge on any atom is 0.338 e. The zero-order chi connectivity index (χ0) is 23.4. The first-order valence-electron chi connectivity index (χ1n) is 10.9. The number of nitrogens with one attached hydrogen (secondary N) is 1. The zero-order valence-electron chi connectivity index (χ0n) is 19.1. The van der Waals surface area contributed by atoms with Crippen molar-refractivity contribution in [1.29, 1.82) is 0 Å². The Kier molecular flexibility index (Phi) is 6.63. The van der Waals surface area contributed by atoms with Gasteiger partial charge in [0.25, 0.3) is 5.91 Å². The number of piperazine rings is 1. The average Bonchev–Trinajstić information content (AvgIpc) is 3.20. The van der Waals surface area contributed by atoms with Gasteiger partial charge in [-0.15, -0.1) is 0 Å². The molecule has 3 aromatic rings. The van der Waals surface area contributed by atoms with E-state index in [9.17, 15) is 9.59 Å². The molecule has 0 aliphatic carbocycles. The Morgan fingerprint density at radius 1 is 0.970 bits per heavy atom. The average molecular weight is 449 g/mol. The van der Waals surface area contributed by atoms with Gasteiger partial charge in [-0.25, -0.2) is 9.78 Å². The summed E-state index contributed by atoms with van der Waals surface area (Å²) in [5.41, 5.74) is 4.33. The van der Waals surface area contributed by atoms with Crippen LogP contribution in [0.1, 0.15) is 21.7 Å². The molecule has 1 amide bonds. The van der Waals surface area contributed by atoms with E-state index in [1.807, 2.05) is 50.2 Å². The molecule has 0 radical (unpaired) electrons. The maximum atomic E-state index is 12.5. The third-order valence-corrected chi connectivity index (χ3v) is 5.92. The molecule has 172 valence electrons. The number of carbonyl (C=O) groups is 2. The number of esters is 1. The van der Waals surface area contributed by atoms with E-state index in [0.29, 0.717) is 18.7 Å². The predicted molar refractivity (Wildman–Crippen MR) is 126 cm³/mol. The van der Waals surface area contributed by atoms with Gasteiger partial charge in [0, 0.05) is 43.1 Å². The number of hydrogen-bond acceptors (Lipinski definition) is 6. The number of hydrogen-bond donors (Lipinski definition) is 1. The molecule has 0 unspecified atom stereocenters. The number of aromatic nitrogens is 2. The molecule has 8 heteroatoms. The van der Waals surface area contributed by atoms with Crippen molar-refractivity contribution in [3.05, 3.63) is 65.5 Å². The number of ether oxygens (including phenoxy) is 2. The number of methoxy groups -OCH3 is 1. The van der Waals surface area contributed by atoms with Crippen molar-refractivity contribution in [2.75, 3.05) is 44.8 Å². The second-order valence-corrected chi connectivity index (χ2v) is 8.02. The van der Waals surface area contributed by atoms with Gasteiger partial charge >= 0.3 is 5.97 Å². The van der Waals surface area contributed by atoms with E-state index in [1.54, 1.807) is 24.1 Å². The standard InChI is InChI=1S/C25H28N4O4/c1-17-18(2)27-24(26-17)19-4-6-20(7-5-19)25(31)33-16-23(30)29-14-12-28(13-15-29)21-8-10-22(32-3)11-9-21/h4-11H,12-16H2,1-3H3,(H,26,27). The van der Waals surface area contributed by atoms with Crippen molar-refractivity contribution in [2.45, 2.75) is 13.8 Å². The molecule has 4 rings (SSSR count). The number of aryl methyl sites for hydroxylation is 2. The van der Waals surface area contributed by atoms with Gasteiger partial charge in [-0.05, 0) is 50.2 Å². The molecule has 1 aromatic heterocycles. The lowest BCUT2D eigenvalue weighted by molar-refractivity contribution is -0.134. The fourth-order valence-corrected chi connectivity index (χ4v) is 3.76. The molecule has 0 bridgehead atoms. The van der Waals surface area contributed by atoms with E-state index in [4.69, 9.17) is 9.47 Å². The summed E-state index contributed by atoms with van der Waals surface area (Å²) in [7, 11) is 1.64. The molecule has 2 aromatic carbocycles. The van der Waals surface area contributed by atoms with Crippen LogP contribution in [-0.4, -0.2) is 66.6 Å². The summed E-state index contributed by atoms with van der Waals surface area (Å²) in [4.78, 5) is 36.6. The summed E-state index contributed by atoms with van der Waals surface area (Å²) in [6, 6.07) is 14.9. The molecule has 0 atom stereocenters. The van der Waals surface area contributed by atoms with Crippen LogP contribution in [0.15, 0.2) is 48.5 Å². The number of anilines is 1. The molecule has 1 fully saturated rings. The van der Waals surface area contributed by atoms with Crippen LogP contribution < -0.4 is 9.64 Å². The van der Waals surface area contributed by atoms with Gasteiger partial charge in [0.1, 0.15) is 11.6 Å². The second kappa shape index (κ2) is 9.77. The Bertz CT molecular complexity index is 1090. The van der Waals surface area contributed by atoms with E-state index in [-0.39, 0.29) is 12.5 Å². The summed E-state index contributed by atoms with van der Waals surface area (Å²) in [5.74, 6) is 0.874. The first kappa shape index (κ1) is 22.4. The largest absolute Gasteiger partial charge is 0.497 e. The number of rotatable bonds is 6. The van der Waals surface area contributed by atoms with Crippen LogP contribution >= 0.6 is 0 Å². The highest BCUT2D eigenvalue weighted by Crippen LogP contribution is 2.21. The fraction of sp³-hybridized carbons (Fsp3) is 0.320. The normalized spacial score (nSPS) is 13.7. The van der Waals surface area contributed by atoms with Crippen LogP contribution in [0.5, 0.6) is 5.75 Å². The van der Waals surface area contributed by atoms with Crippen LogP contribution in [0, 0.1) is 13.8 Å². The van der Waals surface area contributed by atoms with Gasteiger partial charge < -0.3 is 24.3 Å². The number of carbonyl (C=O) groups excluding carboxylic acids is 2. The van der Waals surface area contributed by atoms with E-state index < -0.39 is 5.97 Å². The van der Waals surface area contributed by atoms with E-state index in [2.05, 4.69) is 14.9 Å². The van der Waals surface area contributed by atoms with Crippen LogP contribution in [-0.2, 0) is 9.53 Å². The quantitative estimate of drug-likeness (QED) is 0.583. The van der Waals surface area contributed by atoms with Gasteiger partial charge in [0.2, 0.25) is 0 Å². The van der Waals surface area contributed by atoms with Crippen LogP contribution in [0.3, 0.4) is 0 Å². The van der Waals surface area contributed by atoms with Gasteiger partial charge in [-0.2, -0.15) is 0 Å². The molecular weight excluding hydrogens is 420 g/mol. The number of imidazole rings is 1. The van der Waals surface area contributed by atoms with Gasteiger partial charge in [-0.1, -0.05) is 12.1 Å². The van der Waals surface area contributed by atoms with Crippen molar-refractivity contribution in [3.8, 4) is 17.1 Å². The molecule has 33 heavy (non-hydrogen) atoms. The number of nitrogens with zero attached hydrogens (tertiary/aromatic N) is 3. The van der Waals surface area contributed by atoms with Crippen molar-refractivity contribution in [3.63, 3.8) is 0 Å². The molecule has 1 aliphatic heterocycles. The Labute approximate surface area is 193 Å². The molecule has 0 saturated carbocycles. The second-order valence-electron chi connectivity index (χ2n) is 8.02. The van der Waals surface area contributed by atoms with Gasteiger partial charge in [0.05, 0.1) is 18.4 Å². The zero-order valence-corrected chi connectivity index (χ0v) is 19.1. The van der Waals surface area contributed by atoms with Crippen LogP contribution in [0.25, 0.3) is 11.4 Å². The molecule has 1 saturated heterocycles. The van der Waals surface area contributed by atoms with E-state index in [1.165, 1.54) is 0 Å². The van der Waals surface area contributed by atoms with Crippen molar-refractivity contribution < 1.29 is 19.1 Å². The van der Waals surface area contributed by atoms with Crippen molar-refractivity contribution in [2.24, 2.45) is 0 Å². The van der Waals surface area contributed by atoms with Gasteiger partial charge in [0.15, 0.2) is 6.61 Å². The molecule has 2 heterocycles. The molecule has 0 spiro atoms. The van der Waals surface area contributed by atoms with E-state index >= 15 is 0 Å². The Hall–Kier alpha value is -3.81. The highest BCUT2D eigenvalue weighted by Gasteiger charge is 2.22. The highest BCUT2D eigenvalue weighted by molar-refractivity contribution is 5.91. The first-order valence-corrected chi connectivity index (χ1v) is 10.9. The lowest BCUT2D eigenvalue weighted by atomic mass is 10.1. The number of H-pyrrole nitrogens is 1. The lowest BCUT2D eigenvalue weighted by Crippen LogP contribution is -2.49. The Morgan fingerprint density at radius 3 is 2.21 bits per heavy atom. The summed E-state index contributed by atoms with van der Waals surface area (Å²) < 4.78 is 10.5.